The standard InChI is InChI=1S/C29H34N6O4S/c1-3-33-25-12-11-24(20-31)18-28(25)34(4-2)29(33)9-7-8-23(19-30)16-22-10-13-26-27(17-22)32(21-35(26)36)14-5-6-15-40(37,38)39/h7-13,17-18,23,35H,3-6,14-16,21H2,1-2H3,(H,37,38,39). The maximum atomic E-state index is 12.5. The largest absolute Gasteiger partial charge is 0.627 e. The van der Waals surface area contributed by atoms with Crippen molar-refractivity contribution < 1.29 is 18.0 Å². The van der Waals surface area contributed by atoms with Gasteiger partial charge in [-0.05, 0) is 69.0 Å². The van der Waals surface area contributed by atoms with Gasteiger partial charge in [0.15, 0.2) is 12.4 Å². The van der Waals surface area contributed by atoms with Gasteiger partial charge in [0.25, 0.3) is 10.1 Å². The fourth-order valence-corrected chi connectivity index (χ4v) is 5.86. The monoisotopic (exact) mass is 562 g/mol. The average Bonchev–Trinajstić information content (AvgIpc) is 3.41. The first kappa shape index (κ1) is 29.1. The number of rotatable bonds is 11. The Kier molecular flexibility index (Phi) is 9.13. The second kappa shape index (κ2) is 12.5. The summed E-state index contributed by atoms with van der Waals surface area (Å²) in [5, 5.41) is 31.7. The van der Waals surface area contributed by atoms with E-state index in [9.17, 15) is 24.1 Å². The first-order chi connectivity index (χ1) is 19.2. The van der Waals surface area contributed by atoms with Crippen molar-refractivity contribution in [2.45, 2.75) is 33.1 Å². The molecule has 2 unspecified atom stereocenters. The lowest BCUT2D eigenvalue weighted by Gasteiger charge is -2.23. The van der Waals surface area contributed by atoms with Crippen LogP contribution < -0.4 is 19.8 Å². The lowest BCUT2D eigenvalue weighted by Crippen LogP contribution is -3.01. The van der Waals surface area contributed by atoms with Crippen LogP contribution >= 0.6 is 0 Å². The Morgan fingerprint density at radius 2 is 1.82 bits per heavy atom. The normalized spacial score (nSPS) is 18.2. The molecular weight excluding hydrogens is 528 g/mol. The van der Waals surface area contributed by atoms with E-state index in [1.54, 1.807) is 6.07 Å². The average molecular weight is 563 g/mol. The number of benzene rings is 2. The first-order valence-corrected chi connectivity index (χ1v) is 15.0. The van der Waals surface area contributed by atoms with E-state index in [0.29, 0.717) is 37.1 Å². The summed E-state index contributed by atoms with van der Waals surface area (Å²) >= 11 is 0. The van der Waals surface area contributed by atoms with Crippen LogP contribution in [-0.4, -0.2) is 45.0 Å². The topological polar surface area (TPSA) is 139 Å². The van der Waals surface area contributed by atoms with E-state index in [1.165, 1.54) is 0 Å². The van der Waals surface area contributed by atoms with Crippen LogP contribution in [0.4, 0.5) is 22.7 Å². The van der Waals surface area contributed by atoms with E-state index >= 15 is 0 Å². The third kappa shape index (κ3) is 6.46. The fourth-order valence-electron chi connectivity index (χ4n) is 5.29. The number of hydrogen-bond donors (Lipinski definition) is 2. The summed E-state index contributed by atoms with van der Waals surface area (Å²) in [7, 11) is -4.00. The number of unbranched alkanes of at least 4 members (excludes halogenated alkanes) is 1. The third-order valence-corrected chi connectivity index (χ3v) is 8.00. The molecule has 210 valence electrons. The second-order valence-corrected chi connectivity index (χ2v) is 11.4. The summed E-state index contributed by atoms with van der Waals surface area (Å²) in [4.78, 5) is 6.28. The predicted octanol–water partition coefficient (Wildman–Crippen LogP) is 3.46. The van der Waals surface area contributed by atoms with Crippen molar-refractivity contribution in [2.75, 3.05) is 46.8 Å². The molecule has 2 N–H and O–H groups in total. The molecule has 0 spiro atoms. The molecule has 2 heterocycles. The molecule has 11 heteroatoms. The van der Waals surface area contributed by atoms with Crippen molar-refractivity contribution in [1.82, 2.24) is 0 Å². The number of allylic oxidation sites excluding steroid dienone is 3. The molecule has 0 aromatic heterocycles. The maximum absolute atomic E-state index is 12.5. The number of nitriles is 2. The lowest BCUT2D eigenvalue weighted by molar-refractivity contribution is -0.768. The van der Waals surface area contributed by atoms with Gasteiger partial charge in [-0.15, -0.1) is 0 Å². The summed E-state index contributed by atoms with van der Waals surface area (Å²) < 4.78 is 30.9. The minimum atomic E-state index is -4.00. The van der Waals surface area contributed by atoms with Crippen LogP contribution in [0.15, 0.2) is 60.4 Å². The Hall–Kier alpha value is -3.87. The highest BCUT2D eigenvalue weighted by Gasteiger charge is 2.29. The Labute approximate surface area is 236 Å². The van der Waals surface area contributed by atoms with Crippen LogP contribution in [0.1, 0.15) is 37.8 Å². The molecule has 0 fully saturated rings. The lowest BCUT2D eigenvalue weighted by atomic mass is 9.99. The molecule has 2 aromatic rings. The molecule has 0 saturated heterocycles. The van der Waals surface area contributed by atoms with Gasteiger partial charge in [-0.1, -0.05) is 18.2 Å². The highest BCUT2D eigenvalue weighted by Crippen LogP contribution is 2.41. The molecule has 0 saturated carbocycles. The van der Waals surface area contributed by atoms with Gasteiger partial charge in [-0.2, -0.15) is 18.9 Å². The number of anilines is 3. The molecule has 2 atom stereocenters. The number of hydroxylamine groups is 1. The smallest absolute Gasteiger partial charge is 0.264 e. The molecule has 40 heavy (non-hydrogen) atoms. The van der Waals surface area contributed by atoms with Gasteiger partial charge in [0, 0.05) is 25.7 Å². The van der Waals surface area contributed by atoms with Gasteiger partial charge in [0.05, 0.1) is 40.7 Å². The summed E-state index contributed by atoms with van der Waals surface area (Å²) in [6, 6.07) is 15.9. The zero-order chi connectivity index (χ0) is 28.9. The fraction of sp³-hybridized carbons (Fsp3) is 0.379. The van der Waals surface area contributed by atoms with Crippen molar-refractivity contribution in [3.8, 4) is 12.1 Å². The molecule has 2 aliphatic rings. The zero-order valence-electron chi connectivity index (χ0n) is 22.7. The van der Waals surface area contributed by atoms with Crippen LogP contribution in [0.25, 0.3) is 0 Å². The third-order valence-electron chi connectivity index (χ3n) is 7.20. The van der Waals surface area contributed by atoms with E-state index < -0.39 is 10.1 Å². The Balaban J connectivity index is 1.47. The van der Waals surface area contributed by atoms with Gasteiger partial charge in [0.1, 0.15) is 11.5 Å². The van der Waals surface area contributed by atoms with Crippen molar-refractivity contribution in [3.63, 3.8) is 0 Å². The van der Waals surface area contributed by atoms with Gasteiger partial charge in [0.2, 0.25) is 0 Å². The van der Waals surface area contributed by atoms with Crippen LogP contribution in [0, 0.1) is 33.8 Å². The molecule has 2 aliphatic heterocycles. The van der Waals surface area contributed by atoms with Crippen molar-refractivity contribution in [3.05, 3.63) is 76.8 Å². The summed E-state index contributed by atoms with van der Waals surface area (Å²) in [5.41, 5.74) is 5.03. The molecule has 4 rings (SSSR count). The van der Waals surface area contributed by atoms with E-state index in [-0.39, 0.29) is 23.4 Å². The first-order valence-electron chi connectivity index (χ1n) is 13.4. The SMILES string of the molecule is CCN1C(=CC=CC(C#N)Cc2ccc3c(c2)N(CCCCS(=O)(=O)O)C[NH+]3[O-])N(CC)c2cc(C#N)ccc21. The van der Waals surface area contributed by atoms with Crippen LogP contribution in [0.3, 0.4) is 0 Å². The molecule has 0 radical (unpaired) electrons. The van der Waals surface area contributed by atoms with Crippen molar-refractivity contribution in [1.29, 1.82) is 10.5 Å². The number of hydrogen-bond acceptors (Lipinski definition) is 8. The van der Waals surface area contributed by atoms with E-state index in [4.69, 9.17) is 4.55 Å². The van der Waals surface area contributed by atoms with E-state index in [0.717, 1.165) is 41.5 Å². The van der Waals surface area contributed by atoms with Crippen molar-refractivity contribution in [2.24, 2.45) is 5.92 Å². The zero-order valence-corrected chi connectivity index (χ0v) is 23.6. The predicted molar refractivity (Wildman–Crippen MR) is 156 cm³/mol. The number of nitrogens with one attached hydrogen (secondary N) is 1. The summed E-state index contributed by atoms with van der Waals surface area (Å²) in [6.07, 6.45) is 7.10. The van der Waals surface area contributed by atoms with Gasteiger partial charge in [-0.25, -0.2) is 0 Å². The second-order valence-electron chi connectivity index (χ2n) is 9.84. The maximum Gasteiger partial charge on any atom is 0.264 e. The highest BCUT2D eigenvalue weighted by molar-refractivity contribution is 7.85. The Morgan fingerprint density at radius 3 is 2.50 bits per heavy atom. The summed E-state index contributed by atoms with van der Waals surface area (Å²) in [5.74, 6) is 0.311. The van der Waals surface area contributed by atoms with Crippen molar-refractivity contribution >= 4 is 32.9 Å². The number of nitrogens with zero attached hydrogens (tertiary/aromatic N) is 5. The van der Waals surface area contributed by atoms with Crippen LogP contribution in [-0.2, 0) is 16.5 Å². The molecule has 0 amide bonds. The molecule has 2 aromatic carbocycles. The summed E-state index contributed by atoms with van der Waals surface area (Å²) in [6.45, 7) is 6.38. The highest BCUT2D eigenvalue weighted by atomic mass is 32.2. The Bertz CT molecular complexity index is 1490. The quantitative estimate of drug-likeness (QED) is 0.239. The van der Waals surface area contributed by atoms with E-state index in [1.807, 2.05) is 53.5 Å². The Morgan fingerprint density at radius 1 is 1.07 bits per heavy atom. The molecule has 0 aliphatic carbocycles. The minimum absolute atomic E-state index is 0.0140. The van der Waals surface area contributed by atoms with Gasteiger partial charge >= 0.3 is 0 Å². The number of quaternary nitrogens is 1. The van der Waals surface area contributed by atoms with Crippen LogP contribution in [0.2, 0.25) is 0 Å². The minimum Gasteiger partial charge on any atom is -0.627 e. The molecular formula is C29H34N6O4S. The van der Waals surface area contributed by atoms with E-state index in [2.05, 4.69) is 35.8 Å². The molecule has 10 nitrogen and oxygen atoms in total. The number of fused-ring (bicyclic) bond motifs is 2. The van der Waals surface area contributed by atoms with Gasteiger partial charge in [-0.3, -0.25) is 4.55 Å². The van der Waals surface area contributed by atoms with Crippen LogP contribution in [0.5, 0.6) is 0 Å². The van der Waals surface area contributed by atoms with Gasteiger partial charge < -0.3 is 25.0 Å². The molecule has 0 bridgehead atoms.